The van der Waals surface area contributed by atoms with Crippen LogP contribution >= 0.6 is 0 Å². The standard InChI is InChI=1S/C21H21N3O9S3/c1-10-5-13(8-17(20(10)23)35(28,29)30)19(12-3-4-15(22)16(7-12)34(25,26)27)14-6-11(2)21(24)18(9-14)36(31,32)33/h3-9,23H,22,24H2,1-2H3,(H,25,26,27)(H,28,29,30)(H,31,32,33)/b19-13+,23-20?. The molecular weight excluding hydrogens is 534 g/mol. The lowest BCUT2D eigenvalue weighted by molar-refractivity contribution is 0.481. The molecular formula is C21H21N3O9S3. The molecule has 0 aliphatic heterocycles. The highest BCUT2D eigenvalue weighted by atomic mass is 32.2. The van der Waals surface area contributed by atoms with Crippen LogP contribution in [0.5, 0.6) is 0 Å². The first-order chi connectivity index (χ1) is 16.3. The number of anilines is 2. The molecule has 0 saturated heterocycles. The molecule has 0 bridgehead atoms. The Morgan fingerprint density at radius 2 is 1.33 bits per heavy atom. The van der Waals surface area contributed by atoms with Gasteiger partial charge in [-0.1, -0.05) is 6.07 Å². The average Bonchev–Trinajstić information content (AvgIpc) is 2.71. The predicted molar refractivity (Wildman–Crippen MR) is 133 cm³/mol. The Balaban J connectivity index is 2.57. The molecule has 0 saturated carbocycles. The van der Waals surface area contributed by atoms with Gasteiger partial charge in [0.2, 0.25) is 0 Å². The second kappa shape index (κ2) is 8.95. The minimum Gasteiger partial charge on any atom is -0.398 e. The van der Waals surface area contributed by atoms with E-state index in [4.69, 9.17) is 16.9 Å². The molecule has 0 aromatic heterocycles. The van der Waals surface area contributed by atoms with E-state index in [-0.39, 0.29) is 44.8 Å². The zero-order chi connectivity index (χ0) is 27.4. The van der Waals surface area contributed by atoms with Gasteiger partial charge in [0, 0.05) is 0 Å². The molecule has 0 amide bonds. The smallest absolute Gasteiger partial charge is 0.296 e. The van der Waals surface area contributed by atoms with Crippen LogP contribution in [0.1, 0.15) is 23.6 Å². The Morgan fingerprint density at radius 3 is 1.86 bits per heavy atom. The number of aryl methyl sites for hydroxylation is 1. The number of rotatable bonds is 5. The third kappa shape index (κ3) is 5.25. The number of allylic oxidation sites excluding steroid dienone is 5. The molecule has 15 heteroatoms. The molecule has 0 radical (unpaired) electrons. The van der Waals surface area contributed by atoms with Gasteiger partial charge in [0.1, 0.15) is 14.7 Å². The number of hydrogen-bond acceptors (Lipinski definition) is 9. The van der Waals surface area contributed by atoms with Gasteiger partial charge in [-0.15, -0.1) is 0 Å². The Morgan fingerprint density at radius 1 is 0.778 bits per heavy atom. The second-order valence-corrected chi connectivity index (χ2v) is 12.1. The monoisotopic (exact) mass is 555 g/mol. The number of nitrogen functional groups attached to an aromatic ring is 2. The van der Waals surface area contributed by atoms with Crippen LogP contribution in [0.25, 0.3) is 5.57 Å². The summed E-state index contributed by atoms with van der Waals surface area (Å²) < 4.78 is 100. The summed E-state index contributed by atoms with van der Waals surface area (Å²) in [5, 5.41) is 8.01. The van der Waals surface area contributed by atoms with Crippen molar-refractivity contribution in [2.24, 2.45) is 0 Å². The zero-order valence-corrected chi connectivity index (χ0v) is 21.2. The van der Waals surface area contributed by atoms with E-state index in [1.807, 2.05) is 0 Å². The summed E-state index contributed by atoms with van der Waals surface area (Å²) in [6, 6.07) is 5.86. The van der Waals surface area contributed by atoms with E-state index in [0.29, 0.717) is 0 Å². The molecule has 0 atom stereocenters. The van der Waals surface area contributed by atoms with Crippen LogP contribution in [0.4, 0.5) is 11.4 Å². The number of nitrogens with two attached hydrogens (primary N) is 2. The van der Waals surface area contributed by atoms with Crippen molar-refractivity contribution in [3.8, 4) is 0 Å². The molecule has 0 spiro atoms. The quantitative estimate of drug-likeness (QED) is 0.231. The minimum absolute atomic E-state index is 0.0147. The summed E-state index contributed by atoms with van der Waals surface area (Å²) >= 11 is 0. The fraction of sp³-hybridized carbons (Fsp3) is 0.0952. The lowest BCUT2D eigenvalue weighted by Crippen LogP contribution is -2.17. The van der Waals surface area contributed by atoms with Crippen molar-refractivity contribution in [2.75, 3.05) is 11.5 Å². The number of nitrogens with one attached hydrogen (secondary N) is 1. The lowest BCUT2D eigenvalue weighted by Gasteiger charge is -2.20. The maximum absolute atomic E-state index is 12.0. The van der Waals surface area contributed by atoms with Crippen molar-refractivity contribution in [1.82, 2.24) is 0 Å². The predicted octanol–water partition coefficient (Wildman–Crippen LogP) is 2.21. The molecule has 3 rings (SSSR count). The summed E-state index contributed by atoms with van der Waals surface area (Å²) in [4.78, 5) is -2.10. The van der Waals surface area contributed by atoms with Gasteiger partial charge in [0.15, 0.2) is 0 Å². The third-order valence-corrected chi connectivity index (χ3v) is 8.04. The molecule has 1 aliphatic carbocycles. The first kappa shape index (κ1) is 27.3. The van der Waals surface area contributed by atoms with Gasteiger partial charge < -0.3 is 11.5 Å². The first-order valence-corrected chi connectivity index (χ1v) is 14.1. The molecule has 192 valence electrons. The second-order valence-electron chi connectivity index (χ2n) is 7.92. The van der Waals surface area contributed by atoms with E-state index >= 15 is 0 Å². The number of hydrogen-bond donors (Lipinski definition) is 6. The summed E-state index contributed by atoms with van der Waals surface area (Å²) in [6.45, 7) is 2.84. The van der Waals surface area contributed by atoms with Crippen molar-refractivity contribution in [3.63, 3.8) is 0 Å². The van der Waals surface area contributed by atoms with E-state index in [9.17, 15) is 38.9 Å². The van der Waals surface area contributed by atoms with Crippen LogP contribution in [-0.2, 0) is 30.4 Å². The highest BCUT2D eigenvalue weighted by Crippen LogP contribution is 2.37. The van der Waals surface area contributed by atoms with Crippen molar-refractivity contribution in [1.29, 1.82) is 5.41 Å². The van der Waals surface area contributed by atoms with Gasteiger partial charge in [-0.3, -0.25) is 19.1 Å². The van der Waals surface area contributed by atoms with Crippen molar-refractivity contribution in [3.05, 3.63) is 75.2 Å². The third-order valence-electron chi connectivity index (χ3n) is 5.36. The molecule has 36 heavy (non-hydrogen) atoms. The van der Waals surface area contributed by atoms with Crippen molar-refractivity contribution >= 4 is 53.0 Å². The Labute approximate surface area is 207 Å². The minimum atomic E-state index is -4.87. The molecule has 2 aromatic carbocycles. The zero-order valence-electron chi connectivity index (χ0n) is 18.7. The topological polar surface area (TPSA) is 239 Å². The van der Waals surface area contributed by atoms with E-state index < -0.39 is 50.8 Å². The van der Waals surface area contributed by atoms with E-state index in [0.717, 1.165) is 24.3 Å². The van der Waals surface area contributed by atoms with Gasteiger partial charge in [0.05, 0.1) is 17.1 Å². The highest BCUT2D eigenvalue weighted by Gasteiger charge is 2.27. The van der Waals surface area contributed by atoms with Crippen molar-refractivity contribution < 1.29 is 38.9 Å². The lowest BCUT2D eigenvalue weighted by atomic mass is 9.88. The Hall–Kier alpha value is -3.34. The van der Waals surface area contributed by atoms with Crippen LogP contribution in [0.15, 0.2) is 68.3 Å². The Bertz CT molecular complexity index is 1750. The molecule has 2 aromatic rings. The van der Waals surface area contributed by atoms with Gasteiger partial charge in [0.25, 0.3) is 30.4 Å². The first-order valence-electron chi connectivity index (χ1n) is 9.78. The van der Waals surface area contributed by atoms with Gasteiger partial charge in [-0.05, 0) is 83.7 Å². The van der Waals surface area contributed by atoms with E-state index in [1.54, 1.807) is 0 Å². The maximum Gasteiger partial charge on any atom is 0.296 e. The summed E-state index contributed by atoms with van der Waals surface area (Å²) in [7, 11) is -14.5. The van der Waals surface area contributed by atoms with Crippen LogP contribution in [0.2, 0.25) is 0 Å². The summed E-state index contributed by atoms with van der Waals surface area (Å²) in [5.74, 6) is 0. The van der Waals surface area contributed by atoms with Crippen LogP contribution in [0, 0.1) is 12.3 Å². The molecule has 1 aliphatic rings. The highest BCUT2D eigenvalue weighted by molar-refractivity contribution is 7.91. The molecule has 0 unspecified atom stereocenters. The van der Waals surface area contributed by atoms with Crippen LogP contribution < -0.4 is 11.5 Å². The van der Waals surface area contributed by atoms with E-state index in [2.05, 4.69) is 0 Å². The van der Waals surface area contributed by atoms with E-state index in [1.165, 1.54) is 32.1 Å². The van der Waals surface area contributed by atoms with Gasteiger partial charge in [-0.2, -0.15) is 25.3 Å². The molecule has 12 nitrogen and oxygen atoms in total. The summed E-state index contributed by atoms with van der Waals surface area (Å²) in [5.41, 5.74) is 10.9. The maximum atomic E-state index is 12.0. The number of benzene rings is 2. The average molecular weight is 556 g/mol. The normalized spacial score (nSPS) is 16.4. The fourth-order valence-corrected chi connectivity index (χ4v) is 5.69. The molecule has 8 N–H and O–H groups in total. The molecule has 0 heterocycles. The van der Waals surface area contributed by atoms with Crippen LogP contribution in [-0.4, -0.2) is 44.6 Å². The summed E-state index contributed by atoms with van der Waals surface area (Å²) in [6.07, 6.45) is 2.30. The van der Waals surface area contributed by atoms with Crippen molar-refractivity contribution in [2.45, 2.75) is 23.6 Å². The fourth-order valence-electron chi connectivity index (χ4n) is 3.64. The largest absolute Gasteiger partial charge is 0.398 e. The SMILES string of the molecule is CC1=C/C(=C(/c2ccc(N)c(S(=O)(=O)O)c2)c2cc(C)c(N)c(S(=O)(=O)O)c2)C=C(S(=O)(=O)O)C1=N. The molecule has 0 fully saturated rings. The van der Waals surface area contributed by atoms with Gasteiger partial charge in [-0.25, -0.2) is 0 Å². The van der Waals surface area contributed by atoms with Gasteiger partial charge >= 0.3 is 0 Å². The van der Waals surface area contributed by atoms with Crippen LogP contribution in [0.3, 0.4) is 0 Å². The Kier molecular flexibility index (Phi) is 6.78.